The SMILES string of the molecule is NCCCCc1c(-c2cccc(Cl)c2)[nH]c2ccccc12. The van der Waals surface area contributed by atoms with E-state index in [9.17, 15) is 0 Å². The molecule has 2 aromatic carbocycles. The average molecular weight is 299 g/mol. The molecule has 0 aliphatic rings. The molecule has 3 heteroatoms. The summed E-state index contributed by atoms with van der Waals surface area (Å²) in [6.45, 7) is 0.745. The highest BCUT2D eigenvalue weighted by atomic mass is 35.5. The normalized spacial score (nSPS) is 11.1. The van der Waals surface area contributed by atoms with Crippen LogP contribution in [0.4, 0.5) is 0 Å². The van der Waals surface area contributed by atoms with Gasteiger partial charge in [0.05, 0.1) is 0 Å². The molecule has 0 saturated carbocycles. The topological polar surface area (TPSA) is 41.8 Å². The minimum Gasteiger partial charge on any atom is -0.354 e. The standard InChI is InChI=1S/C18H19ClN2/c19-14-7-5-6-13(12-14)18-16(9-3-4-11-20)15-8-1-2-10-17(15)21-18/h1-2,5-8,10,12,21H,3-4,9,11,20H2. The molecule has 0 saturated heterocycles. The number of fused-ring (bicyclic) bond motifs is 1. The van der Waals surface area contributed by atoms with E-state index in [1.165, 1.54) is 22.2 Å². The minimum absolute atomic E-state index is 0.745. The zero-order valence-corrected chi connectivity index (χ0v) is 12.7. The van der Waals surface area contributed by atoms with Crippen molar-refractivity contribution in [2.45, 2.75) is 19.3 Å². The Kier molecular flexibility index (Phi) is 4.28. The summed E-state index contributed by atoms with van der Waals surface area (Å²) in [7, 11) is 0. The smallest absolute Gasteiger partial charge is 0.0497 e. The highest BCUT2D eigenvalue weighted by Gasteiger charge is 2.12. The third-order valence-corrected chi connectivity index (χ3v) is 4.04. The number of benzene rings is 2. The number of hydrogen-bond acceptors (Lipinski definition) is 1. The van der Waals surface area contributed by atoms with Crippen LogP contribution < -0.4 is 5.73 Å². The molecule has 0 atom stereocenters. The van der Waals surface area contributed by atoms with Crippen molar-refractivity contribution in [1.29, 1.82) is 0 Å². The lowest BCUT2D eigenvalue weighted by molar-refractivity contribution is 0.748. The average Bonchev–Trinajstić information content (AvgIpc) is 2.87. The van der Waals surface area contributed by atoms with Crippen LogP contribution in [0.3, 0.4) is 0 Å². The Labute approximate surface area is 129 Å². The number of nitrogens with one attached hydrogen (secondary N) is 1. The summed E-state index contributed by atoms with van der Waals surface area (Å²) in [6.07, 6.45) is 3.18. The quantitative estimate of drug-likeness (QED) is 0.655. The van der Waals surface area contributed by atoms with Gasteiger partial charge in [-0.1, -0.05) is 41.9 Å². The summed E-state index contributed by atoms with van der Waals surface area (Å²) in [4.78, 5) is 3.54. The van der Waals surface area contributed by atoms with Crippen molar-refractivity contribution in [2.24, 2.45) is 5.73 Å². The lowest BCUT2D eigenvalue weighted by Crippen LogP contribution is -1.99. The molecule has 0 bridgehead atoms. The first-order chi connectivity index (χ1) is 10.3. The summed E-state index contributed by atoms with van der Waals surface area (Å²) >= 11 is 6.14. The molecule has 1 heterocycles. The molecule has 3 rings (SSSR count). The van der Waals surface area contributed by atoms with Gasteiger partial charge < -0.3 is 10.7 Å². The predicted octanol–water partition coefficient (Wildman–Crippen LogP) is 4.77. The number of aromatic nitrogens is 1. The van der Waals surface area contributed by atoms with Crippen LogP contribution in [0.25, 0.3) is 22.2 Å². The van der Waals surface area contributed by atoms with Gasteiger partial charge in [-0.3, -0.25) is 0 Å². The van der Waals surface area contributed by atoms with E-state index in [2.05, 4.69) is 35.3 Å². The van der Waals surface area contributed by atoms with Gasteiger partial charge in [0.2, 0.25) is 0 Å². The molecule has 0 aliphatic carbocycles. The number of hydrogen-bond donors (Lipinski definition) is 2. The van der Waals surface area contributed by atoms with Gasteiger partial charge in [-0.25, -0.2) is 0 Å². The fourth-order valence-electron chi connectivity index (χ4n) is 2.80. The van der Waals surface area contributed by atoms with Crippen LogP contribution in [-0.2, 0) is 6.42 Å². The number of H-pyrrole nitrogens is 1. The van der Waals surface area contributed by atoms with Crippen LogP contribution in [0.5, 0.6) is 0 Å². The number of unbranched alkanes of at least 4 members (excludes halogenated alkanes) is 1. The number of rotatable bonds is 5. The Balaban J connectivity index is 2.09. The number of halogens is 1. The van der Waals surface area contributed by atoms with Gasteiger partial charge in [-0.2, -0.15) is 0 Å². The van der Waals surface area contributed by atoms with E-state index < -0.39 is 0 Å². The molecule has 0 fully saturated rings. The van der Waals surface area contributed by atoms with E-state index in [1.807, 2.05) is 18.2 Å². The van der Waals surface area contributed by atoms with E-state index in [0.717, 1.165) is 36.4 Å². The summed E-state index contributed by atoms with van der Waals surface area (Å²) in [5, 5.41) is 2.06. The van der Waals surface area contributed by atoms with Crippen LogP contribution in [0.15, 0.2) is 48.5 Å². The summed E-state index contributed by atoms with van der Waals surface area (Å²) in [5.74, 6) is 0. The summed E-state index contributed by atoms with van der Waals surface area (Å²) < 4.78 is 0. The molecule has 1 aromatic heterocycles. The van der Waals surface area contributed by atoms with E-state index in [-0.39, 0.29) is 0 Å². The minimum atomic E-state index is 0.745. The molecule has 3 N–H and O–H groups in total. The van der Waals surface area contributed by atoms with Gasteiger partial charge >= 0.3 is 0 Å². The molecule has 21 heavy (non-hydrogen) atoms. The number of aryl methyl sites for hydroxylation is 1. The molecule has 0 spiro atoms. The van der Waals surface area contributed by atoms with Crippen molar-refractivity contribution >= 4 is 22.5 Å². The second kappa shape index (κ2) is 6.33. The summed E-state index contributed by atoms with van der Waals surface area (Å²) in [6, 6.07) is 16.5. The number of nitrogens with two attached hydrogens (primary N) is 1. The van der Waals surface area contributed by atoms with Crippen molar-refractivity contribution < 1.29 is 0 Å². The van der Waals surface area contributed by atoms with Gasteiger partial charge in [0.15, 0.2) is 0 Å². The van der Waals surface area contributed by atoms with Gasteiger partial charge in [-0.05, 0) is 55.1 Å². The zero-order valence-electron chi connectivity index (χ0n) is 11.9. The first kappa shape index (κ1) is 14.2. The van der Waals surface area contributed by atoms with Gasteiger partial charge in [-0.15, -0.1) is 0 Å². The summed E-state index contributed by atoms with van der Waals surface area (Å²) in [5.41, 5.74) is 10.5. The highest BCUT2D eigenvalue weighted by Crippen LogP contribution is 2.32. The Morgan fingerprint density at radius 3 is 2.67 bits per heavy atom. The first-order valence-electron chi connectivity index (χ1n) is 7.35. The Morgan fingerprint density at radius 1 is 1.00 bits per heavy atom. The van der Waals surface area contributed by atoms with E-state index in [4.69, 9.17) is 17.3 Å². The molecule has 3 aromatic rings. The molecule has 108 valence electrons. The third kappa shape index (κ3) is 2.97. The number of aromatic amines is 1. The Morgan fingerprint density at radius 2 is 1.86 bits per heavy atom. The van der Waals surface area contributed by atoms with Crippen LogP contribution in [0, 0.1) is 0 Å². The second-order valence-electron chi connectivity index (χ2n) is 5.28. The zero-order chi connectivity index (χ0) is 14.7. The molecule has 0 radical (unpaired) electrons. The lowest BCUT2D eigenvalue weighted by Gasteiger charge is -2.05. The van der Waals surface area contributed by atoms with Crippen molar-refractivity contribution in [3.63, 3.8) is 0 Å². The maximum absolute atomic E-state index is 6.14. The van der Waals surface area contributed by atoms with Crippen molar-refractivity contribution in [1.82, 2.24) is 4.98 Å². The van der Waals surface area contributed by atoms with Crippen LogP contribution in [-0.4, -0.2) is 11.5 Å². The van der Waals surface area contributed by atoms with Crippen molar-refractivity contribution in [2.75, 3.05) is 6.54 Å². The van der Waals surface area contributed by atoms with Crippen LogP contribution in [0.2, 0.25) is 5.02 Å². The molecule has 2 nitrogen and oxygen atoms in total. The van der Waals surface area contributed by atoms with Crippen LogP contribution >= 0.6 is 11.6 Å². The molecular formula is C18H19ClN2. The largest absolute Gasteiger partial charge is 0.354 e. The highest BCUT2D eigenvalue weighted by molar-refractivity contribution is 6.30. The van der Waals surface area contributed by atoms with Gasteiger partial charge in [0.1, 0.15) is 0 Å². The van der Waals surface area contributed by atoms with Crippen LogP contribution in [0.1, 0.15) is 18.4 Å². The predicted molar refractivity (Wildman–Crippen MR) is 90.7 cm³/mol. The monoisotopic (exact) mass is 298 g/mol. The van der Waals surface area contributed by atoms with Crippen molar-refractivity contribution in [3.8, 4) is 11.3 Å². The Bertz CT molecular complexity index is 746. The van der Waals surface area contributed by atoms with Gasteiger partial charge in [0.25, 0.3) is 0 Å². The fourth-order valence-corrected chi connectivity index (χ4v) is 2.99. The number of para-hydroxylation sites is 1. The molecule has 0 amide bonds. The molecular weight excluding hydrogens is 280 g/mol. The van der Waals surface area contributed by atoms with E-state index in [1.54, 1.807) is 0 Å². The third-order valence-electron chi connectivity index (χ3n) is 3.81. The maximum Gasteiger partial charge on any atom is 0.0497 e. The second-order valence-corrected chi connectivity index (χ2v) is 5.72. The van der Waals surface area contributed by atoms with Crippen molar-refractivity contribution in [3.05, 3.63) is 59.1 Å². The van der Waals surface area contributed by atoms with E-state index in [0.29, 0.717) is 0 Å². The molecule has 0 aliphatic heterocycles. The van der Waals surface area contributed by atoms with Gasteiger partial charge in [0, 0.05) is 21.6 Å². The molecule has 0 unspecified atom stereocenters. The lowest BCUT2D eigenvalue weighted by atomic mass is 10.0. The Hall–Kier alpha value is -1.77. The van der Waals surface area contributed by atoms with E-state index >= 15 is 0 Å². The maximum atomic E-state index is 6.14. The fraction of sp³-hybridized carbons (Fsp3) is 0.222. The first-order valence-corrected chi connectivity index (χ1v) is 7.73.